The molecule has 1 saturated carbocycles. The van der Waals surface area contributed by atoms with Gasteiger partial charge in [-0.05, 0) is 47.5 Å². The van der Waals surface area contributed by atoms with Crippen molar-refractivity contribution < 1.29 is 9.53 Å². The van der Waals surface area contributed by atoms with Crippen molar-refractivity contribution in [1.29, 1.82) is 0 Å². The van der Waals surface area contributed by atoms with E-state index in [4.69, 9.17) is 4.74 Å². The van der Waals surface area contributed by atoms with Crippen LogP contribution in [0.4, 0.5) is 0 Å². The number of thiophene rings is 1. The molecule has 0 spiro atoms. The molecule has 4 rings (SSSR count). The van der Waals surface area contributed by atoms with Crippen LogP contribution >= 0.6 is 11.3 Å². The molecule has 144 valence electrons. The van der Waals surface area contributed by atoms with Crippen LogP contribution in [0.15, 0.2) is 72.1 Å². The van der Waals surface area contributed by atoms with Gasteiger partial charge in [-0.2, -0.15) is 0 Å². The molecule has 0 unspecified atom stereocenters. The average Bonchev–Trinajstić information content (AvgIpc) is 3.44. The van der Waals surface area contributed by atoms with Crippen LogP contribution in [-0.4, -0.2) is 5.91 Å². The van der Waals surface area contributed by atoms with E-state index in [2.05, 4.69) is 28.9 Å². The van der Waals surface area contributed by atoms with Crippen molar-refractivity contribution >= 4 is 17.2 Å². The minimum atomic E-state index is -0.326. The molecule has 0 aliphatic heterocycles. The fraction of sp³-hybridized carbons (Fsp3) is 0.292. The van der Waals surface area contributed by atoms with E-state index < -0.39 is 0 Å². The molecular weight excluding hydrogens is 366 g/mol. The predicted molar refractivity (Wildman–Crippen MR) is 114 cm³/mol. The molecule has 28 heavy (non-hydrogen) atoms. The highest BCUT2D eigenvalue weighted by molar-refractivity contribution is 7.10. The lowest BCUT2D eigenvalue weighted by atomic mass is 9.83. The Labute approximate surface area is 170 Å². The van der Waals surface area contributed by atoms with Crippen molar-refractivity contribution in [3.8, 4) is 5.75 Å². The summed E-state index contributed by atoms with van der Waals surface area (Å²) in [5, 5.41) is 5.24. The molecule has 3 aromatic rings. The van der Waals surface area contributed by atoms with Crippen LogP contribution in [0, 0.1) is 0 Å². The van der Waals surface area contributed by atoms with E-state index in [0.29, 0.717) is 13.2 Å². The van der Waals surface area contributed by atoms with Crippen molar-refractivity contribution in [1.82, 2.24) is 5.32 Å². The summed E-state index contributed by atoms with van der Waals surface area (Å²) >= 11 is 1.70. The van der Waals surface area contributed by atoms with Gasteiger partial charge < -0.3 is 10.1 Å². The van der Waals surface area contributed by atoms with Crippen molar-refractivity contribution in [2.75, 3.05) is 0 Å². The molecular formula is C24H25NO2S. The van der Waals surface area contributed by atoms with Crippen LogP contribution in [0.25, 0.3) is 0 Å². The summed E-state index contributed by atoms with van der Waals surface area (Å²) in [4.78, 5) is 14.2. The maximum Gasteiger partial charge on any atom is 0.231 e. The summed E-state index contributed by atoms with van der Waals surface area (Å²) < 4.78 is 5.83. The van der Waals surface area contributed by atoms with Crippen LogP contribution < -0.4 is 10.1 Å². The molecule has 0 radical (unpaired) electrons. The van der Waals surface area contributed by atoms with Gasteiger partial charge >= 0.3 is 0 Å². The Kier molecular flexibility index (Phi) is 5.77. The number of hydrogen-bond acceptors (Lipinski definition) is 3. The van der Waals surface area contributed by atoms with Gasteiger partial charge in [-0.1, -0.05) is 61.4 Å². The fourth-order valence-electron chi connectivity index (χ4n) is 3.91. The predicted octanol–water partition coefficient (Wildman–Crippen LogP) is 5.46. The molecule has 0 bridgehead atoms. The number of benzene rings is 2. The molecule has 1 heterocycles. The van der Waals surface area contributed by atoms with Crippen molar-refractivity contribution in [2.24, 2.45) is 0 Å². The number of hydrogen-bond donors (Lipinski definition) is 1. The van der Waals surface area contributed by atoms with E-state index in [1.807, 2.05) is 48.5 Å². The first-order chi connectivity index (χ1) is 13.8. The minimum Gasteiger partial charge on any atom is -0.489 e. The number of amides is 1. The third-order valence-electron chi connectivity index (χ3n) is 5.51. The van der Waals surface area contributed by atoms with E-state index in [-0.39, 0.29) is 11.3 Å². The Morgan fingerprint density at radius 3 is 2.36 bits per heavy atom. The first-order valence-electron chi connectivity index (χ1n) is 9.84. The smallest absolute Gasteiger partial charge is 0.231 e. The normalized spacial score (nSPS) is 15.3. The monoisotopic (exact) mass is 391 g/mol. The lowest BCUT2D eigenvalue weighted by Gasteiger charge is -2.26. The van der Waals surface area contributed by atoms with Gasteiger partial charge in [0, 0.05) is 11.4 Å². The van der Waals surface area contributed by atoms with Crippen LogP contribution in [-0.2, 0) is 23.4 Å². The SMILES string of the molecule is O=C(NCc1ccc(OCc2ccccc2)cc1)C1(c2cccs2)CCCC1. The average molecular weight is 392 g/mol. The van der Waals surface area contributed by atoms with Gasteiger partial charge in [-0.25, -0.2) is 0 Å². The maximum atomic E-state index is 13.0. The zero-order valence-electron chi connectivity index (χ0n) is 15.9. The second kappa shape index (κ2) is 8.61. The zero-order valence-corrected chi connectivity index (χ0v) is 16.7. The van der Waals surface area contributed by atoms with E-state index >= 15 is 0 Å². The molecule has 1 aliphatic carbocycles. The van der Waals surface area contributed by atoms with E-state index in [0.717, 1.165) is 42.6 Å². The molecule has 0 saturated heterocycles. The zero-order chi connectivity index (χ0) is 19.2. The number of carbonyl (C=O) groups is 1. The van der Waals surface area contributed by atoms with Gasteiger partial charge in [0.05, 0.1) is 5.41 Å². The Morgan fingerprint density at radius 1 is 0.929 bits per heavy atom. The summed E-state index contributed by atoms with van der Waals surface area (Å²) in [6.45, 7) is 1.10. The lowest BCUT2D eigenvalue weighted by molar-refractivity contribution is -0.126. The highest BCUT2D eigenvalue weighted by Crippen LogP contribution is 2.43. The van der Waals surface area contributed by atoms with Gasteiger partial charge in [-0.15, -0.1) is 11.3 Å². The van der Waals surface area contributed by atoms with Crippen LogP contribution in [0.3, 0.4) is 0 Å². The number of ether oxygens (including phenoxy) is 1. The lowest BCUT2D eigenvalue weighted by Crippen LogP contribution is -2.41. The number of carbonyl (C=O) groups excluding carboxylic acids is 1. The molecule has 1 amide bonds. The molecule has 0 atom stereocenters. The Morgan fingerprint density at radius 2 is 1.68 bits per heavy atom. The van der Waals surface area contributed by atoms with E-state index in [1.54, 1.807) is 11.3 Å². The van der Waals surface area contributed by atoms with Gasteiger partial charge in [0.15, 0.2) is 0 Å². The van der Waals surface area contributed by atoms with Crippen molar-refractivity contribution in [2.45, 2.75) is 44.2 Å². The summed E-state index contributed by atoms with van der Waals surface area (Å²) in [6, 6.07) is 22.3. The number of rotatable bonds is 7. The van der Waals surface area contributed by atoms with E-state index in [9.17, 15) is 4.79 Å². The second-order valence-corrected chi connectivity index (χ2v) is 8.32. The largest absolute Gasteiger partial charge is 0.489 e. The van der Waals surface area contributed by atoms with Crippen LogP contribution in [0.2, 0.25) is 0 Å². The van der Waals surface area contributed by atoms with Gasteiger partial charge in [0.2, 0.25) is 5.91 Å². The number of nitrogens with one attached hydrogen (secondary N) is 1. The van der Waals surface area contributed by atoms with Crippen molar-refractivity contribution in [3.63, 3.8) is 0 Å². The summed E-state index contributed by atoms with van der Waals surface area (Å²) in [5.74, 6) is 1.00. The molecule has 1 aliphatic rings. The summed E-state index contributed by atoms with van der Waals surface area (Å²) in [7, 11) is 0. The first kappa shape index (κ1) is 18.8. The quantitative estimate of drug-likeness (QED) is 0.581. The highest BCUT2D eigenvalue weighted by atomic mass is 32.1. The van der Waals surface area contributed by atoms with Crippen molar-refractivity contribution in [3.05, 3.63) is 88.1 Å². The molecule has 1 aromatic heterocycles. The minimum absolute atomic E-state index is 0.164. The van der Waals surface area contributed by atoms with Gasteiger partial charge in [-0.3, -0.25) is 4.79 Å². The van der Waals surface area contributed by atoms with E-state index in [1.165, 1.54) is 4.88 Å². The molecule has 1 N–H and O–H groups in total. The third-order valence-corrected chi connectivity index (χ3v) is 6.58. The standard InChI is InChI=1S/C24H25NO2S/c26-23(24(14-4-5-15-24)22-9-6-16-28-22)25-17-19-10-12-21(13-11-19)27-18-20-7-2-1-3-8-20/h1-3,6-13,16H,4-5,14-15,17-18H2,(H,25,26). The maximum absolute atomic E-state index is 13.0. The molecule has 1 fully saturated rings. The Bertz CT molecular complexity index is 882. The van der Waals surface area contributed by atoms with Gasteiger partial charge in [0.25, 0.3) is 0 Å². The summed E-state index contributed by atoms with van der Waals surface area (Å²) in [5.41, 5.74) is 1.90. The second-order valence-electron chi connectivity index (χ2n) is 7.37. The van der Waals surface area contributed by atoms with Gasteiger partial charge in [0.1, 0.15) is 12.4 Å². The van der Waals surface area contributed by atoms with Crippen LogP contribution in [0.1, 0.15) is 41.7 Å². The Balaban J connectivity index is 1.34. The Hall–Kier alpha value is -2.59. The molecule has 2 aromatic carbocycles. The fourth-order valence-corrected chi connectivity index (χ4v) is 4.89. The van der Waals surface area contributed by atoms with Crippen LogP contribution in [0.5, 0.6) is 5.75 Å². The molecule has 4 heteroatoms. The topological polar surface area (TPSA) is 38.3 Å². The highest BCUT2D eigenvalue weighted by Gasteiger charge is 2.43. The first-order valence-corrected chi connectivity index (χ1v) is 10.7. The molecule has 3 nitrogen and oxygen atoms in total. The summed E-state index contributed by atoms with van der Waals surface area (Å²) in [6.07, 6.45) is 4.15. The third kappa shape index (κ3) is 4.12.